The number of carbonyl (C=O) groups excluding carboxylic acids is 2. The van der Waals surface area contributed by atoms with E-state index in [1.807, 2.05) is 4.72 Å². The first-order chi connectivity index (χ1) is 13.8. The van der Waals surface area contributed by atoms with Gasteiger partial charge in [-0.05, 0) is 43.2 Å². The van der Waals surface area contributed by atoms with Crippen LogP contribution in [0.2, 0.25) is 0 Å². The van der Waals surface area contributed by atoms with E-state index in [0.717, 1.165) is 26.4 Å². The van der Waals surface area contributed by atoms with Gasteiger partial charge in [-0.2, -0.15) is 0 Å². The summed E-state index contributed by atoms with van der Waals surface area (Å²) in [4.78, 5) is 27.3. The summed E-state index contributed by atoms with van der Waals surface area (Å²) >= 11 is 0. The van der Waals surface area contributed by atoms with Crippen LogP contribution in [0.15, 0.2) is 47.5 Å². The maximum Gasteiger partial charge on any atom is 0.264 e. The van der Waals surface area contributed by atoms with Gasteiger partial charge in [0.25, 0.3) is 15.9 Å². The van der Waals surface area contributed by atoms with Crippen molar-refractivity contribution in [2.75, 3.05) is 18.5 Å². The molecule has 1 saturated heterocycles. The fourth-order valence-electron chi connectivity index (χ4n) is 2.72. The van der Waals surface area contributed by atoms with Gasteiger partial charge < -0.3 is 14.8 Å². The van der Waals surface area contributed by atoms with Crippen LogP contribution >= 0.6 is 0 Å². The lowest BCUT2D eigenvalue weighted by Crippen LogP contribution is -2.28. The molecule has 154 valence electrons. The van der Waals surface area contributed by atoms with Crippen molar-refractivity contribution in [3.8, 4) is 5.88 Å². The summed E-state index contributed by atoms with van der Waals surface area (Å²) in [6.07, 6.45) is 3.47. The van der Waals surface area contributed by atoms with Crippen LogP contribution in [0.1, 0.15) is 30.1 Å². The van der Waals surface area contributed by atoms with Gasteiger partial charge in [0.1, 0.15) is 6.61 Å². The maximum atomic E-state index is 12.3. The minimum Gasteiger partial charge on any atom is -0.475 e. The van der Waals surface area contributed by atoms with Crippen molar-refractivity contribution in [3.63, 3.8) is 0 Å². The standard InChI is InChI=1S/C19H21N3O6S/c1-13(23)22-29(25,26)17-7-5-15(6-8-17)21-19(24)14-4-9-18(20-11-14)28-12-16-3-2-10-27-16/h4-9,11,16H,2-3,10,12H2,1H3,(H,21,24)(H,22,23)/t16-/m0/s1. The predicted octanol–water partition coefficient (Wildman–Crippen LogP) is 1.72. The zero-order valence-corrected chi connectivity index (χ0v) is 16.6. The quantitative estimate of drug-likeness (QED) is 0.700. The van der Waals surface area contributed by atoms with Crippen LogP contribution in [-0.2, 0) is 19.6 Å². The maximum absolute atomic E-state index is 12.3. The molecule has 29 heavy (non-hydrogen) atoms. The molecule has 3 rings (SSSR count). The molecule has 0 spiro atoms. The van der Waals surface area contributed by atoms with E-state index in [0.29, 0.717) is 23.7 Å². The number of aromatic nitrogens is 1. The van der Waals surface area contributed by atoms with E-state index < -0.39 is 21.8 Å². The van der Waals surface area contributed by atoms with Crippen molar-refractivity contribution in [2.24, 2.45) is 0 Å². The van der Waals surface area contributed by atoms with E-state index in [-0.39, 0.29) is 11.0 Å². The molecule has 1 atom stereocenters. The molecule has 1 aliphatic heterocycles. The molecular weight excluding hydrogens is 398 g/mol. The average molecular weight is 419 g/mol. The predicted molar refractivity (Wildman–Crippen MR) is 104 cm³/mol. The molecule has 0 unspecified atom stereocenters. The van der Waals surface area contributed by atoms with Crippen molar-refractivity contribution >= 4 is 27.5 Å². The molecule has 9 nitrogen and oxygen atoms in total. The topological polar surface area (TPSA) is 124 Å². The zero-order valence-electron chi connectivity index (χ0n) is 15.8. The third-order valence-corrected chi connectivity index (χ3v) is 5.59. The lowest BCUT2D eigenvalue weighted by molar-refractivity contribution is -0.117. The first-order valence-corrected chi connectivity index (χ1v) is 10.5. The van der Waals surface area contributed by atoms with Gasteiger partial charge in [0.2, 0.25) is 11.8 Å². The summed E-state index contributed by atoms with van der Waals surface area (Å²) in [5.41, 5.74) is 0.722. The fourth-order valence-corrected chi connectivity index (χ4v) is 3.71. The molecule has 0 saturated carbocycles. The molecule has 0 aliphatic carbocycles. The first kappa shape index (κ1) is 20.7. The van der Waals surface area contributed by atoms with Gasteiger partial charge in [-0.3, -0.25) is 9.59 Å². The number of amides is 2. The molecule has 1 aliphatic rings. The zero-order chi connectivity index (χ0) is 20.9. The minimum absolute atomic E-state index is 0.0807. The molecule has 0 radical (unpaired) electrons. The first-order valence-electron chi connectivity index (χ1n) is 8.99. The Bertz CT molecular complexity index is 968. The number of ether oxygens (including phenoxy) is 2. The number of anilines is 1. The second-order valence-corrected chi connectivity index (χ2v) is 8.15. The smallest absolute Gasteiger partial charge is 0.264 e. The molecule has 1 aromatic carbocycles. The van der Waals surface area contributed by atoms with Gasteiger partial charge in [-0.1, -0.05) is 0 Å². The third-order valence-electron chi connectivity index (χ3n) is 4.14. The number of benzene rings is 1. The molecule has 0 bridgehead atoms. The Balaban J connectivity index is 1.57. The lowest BCUT2D eigenvalue weighted by Gasteiger charge is -2.11. The van der Waals surface area contributed by atoms with Gasteiger partial charge in [0, 0.05) is 31.5 Å². The summed E-state index contributed by atoms with van der Waals surface area (Å²) in [6.45, 7) is 2.28. The Labute approximate surface area is 168 Å². The summed E-state index contributed by atoms with van der Waals surface area (Å²) in [7, 11) is -3.92. The van der Waals surface area contributed by atoms with Crippen molar-refractivity contribution in [2.45, 2.75) is 30.8 Å². The molecule has 1 aromatic heterocycles. The Hall–Kier alpha value is -2.98. The number of hydrogen-bond acceptors (Lipinski definition) is 7. The molecule has 2 amide bonds. The van der Waals surface area contributed by atoms with Crippen molar-refractivity contribution < 1.29 is 27.5 Å². The number of nitrogens with zero attached hydrogens (tertiary/aromatic N) is 1. The SMILES string of the molecule is CC(=O)NS(=O)(=O)c1ccc(NC(=O)c2ccc(OC[C@@H]3CCCO3)nc2)cc1. The summed E-state index contributed by atoms with van der Waals surface area (Å²) in [6, 6.07) is 8.64. The molecule has 2 N–H and O–H groups in total. The van der Waals surface area contributed by atoms with E-state index >= 15 is 0 Å². The second kappa shape index (κ2) is 9.01. The summed E-state index contributed by atoms with van der Waals surface area (Å²) < 4.78 is 36.7. The van der Waals surface area contributed by atoms with Gasteiger partial charge in [0.15, 0.2) is 0 Å². The largest absolute Gasteiger partial charge is 0.475 e. The lowest BCUT2D eigenvalue weighted by atomic mass is 10.2. The molecule has 2 aromatic rings. The Kier molecular flexibility index (Phi) is 6.45. The van der Waals surface area contributed by atoms with E-state index in [1.165, 1.54) is 30.5 Å². The molecular formula is C19H21N3O6S. The molecule has 2 heterocycles. The summed E-state index contributed by atoms with van der Waals surface area (Å²) in [5, 5.41) is 2.65. The van der Waals surface area contributed by atoms with Crippen molar-refractivity contribution in [1.82, 2.24) is 9.71 Å². The van der Waals surface area contributed by atoms with Crippen molar-refractivity contribution in [3.05, 3.63) is 48.2 Å². The normalized spacial score (nSPS) is 16.2. The second-order valence-electron chi connectivity index (χ2n) is 6.47. The van der Waals surface area contributed by atoms with E-state index in [4.69, 9.17) is 9.47 Å². The number of sulfonamides is 1. The van der Waals surface area contributed by atoms with Gasteiger partial charge in [-0.25, -0.2) is 18.1 Å². The number of carbonyl (C=O) groups is 2. The van der Waals surface area contributed by atoms with E-state index in [9.17, 15) is 18.0 Å². The van der Waals surface area contributed by atoms with Crippen LogP contribution in [0.25, 0.3) is 0 Å². The average Bonchev–Trinajstić information content (AvgIpc) is 3.20. The van der Waals surface area contributed by atoms with Crippen LogP contribution in [0.5, 0.6) is 5.88 Å². The highest BCUT2D eigenvalue weighted by Gasteiger charge is 2.17. The van der Waals surface area contributed by atoms with Crippen LogP contribution in [0.4, 0.5) is 5.69 Å². The fraction of sp³-hybridized carbons (Fsp3) is 0.316. The number of rotatable bonds is 7. The van der Waals surface area contributed by atoms with Crippen LogP contribution in [0.3, 0.4) is 0 Å². The highest BCUT2D eigenvalue weighted by molar-refractivity contribution is 7.90. The van der Waals surface area contributed by atoms with Crippen LogP contribution in [0, 0.1) is 0 Å². The van der Waals surface area contributed by atoms with Gasteiger partial charge in [-0.15, -0.1) is 0 Å². The van der Waals surface area contributed by atoms with Crippen LogP contribution in [-0.4, -0.2) is 44.5 Å². The van der Waals surface area contributed by atoms with E-state index in [2.05, 4.69) is 10.3 Å². The Morgan fingerprint density at radius 1 is 1.21 bits per heavy atom. The highest BCUT2D eigenvalue weighted by Crippen LogP contribution is 2.17. The third kappa shape index (κ3) is 5.75. The van der Waals surface area contributed by atoms with Crippen molar-refractivity contribution in [1.29, 1.82) is 0 Å². The van der Waals surface area contributed by atoms with Gasteiger partial charge >= 0.3 is 0 Å². The number of pyridine rings is 1. The molecule has 1 fully saturated rings. The highest BCUT2D eigenvalue weighted by atomic mass is 32.2. The minimum atomic E-state index is -3.92. The van der Waals surface area contributed by atoms with E-state index in [1.54, 1.807) is 12.1 Å². The number of nitrogens with one attached hydrogen (secondary N) is 2. The molecule has 10 heteroatoms. The Morgan fingerprint density at radius 2 is 1.97 bits per heavy atom. The van der Waals surface area contributed by atoms with Gasteiger partial charge in [0.05, 0.1) is 16.6 Å². The monoisotopic (exact) mass is 419 g/mol. The van der Waals surface area contributed by atoms with Crippen LogP contribution < -0.4 is 14.8 Å². The number of hydrogen-bond donors (Lipinski definition) is 2. The summed E-state index contributed by atoms with van der Waals surface area (Å²) in [5.74, 6) is -0.678. The Morgan fingerprint density at radius 3 is 2.55 bits per heavy atom.